The lowest BCUT2D eigenvalue weighted by Gasteiger charge is -2.16. The minimum absolute atomic E-state index is 0.00963. The molecule has 0 aliphatic heterocycles. The average Bonchev–Trinajstić information content (AvgIpc) is 3.06. The lowest BCUT2D eigenvalue weighted by molar-refractivity contribution is -0.141. The van der Waals surface area contributed by atoms with E-state index in [0.717, 1.165) is 16.3 Å². The van der Waals surface area contributed by atoms with Crippen LogP contribution in [0.2, 0.25) is 5.02 Å². The van der Waals surface area contributed by atoms with E-state index < -0.39 is 23.9 Å². The molecule has 1 atom stereocenters. The van der Waals surface area contributed by atoms with Gasteiger partial charge in [0.05, 0.1) is 5.25 Å². The number of thioether (sulfide) groups is 1. The van der Waals surface area contributed by atoms with Crippen LogP contribution < -0.4 is 5.32 Å². The lowest BCUT2D eigenvalue weighted by atomic mass is 10.2. The van der Waals surface area contributed by atoms with E-state index in [1.165, 1.54) is 12.4 Å². The molecule has 1 amide bonds. The maximum atomic E-state index is 13.2. The molecule has 0 saturated carbocycles. The Labute approximate surface area is 179 Å². The van der Waals surface area contributed by atoms with Crippen LogP contribution >= 0.6 is 23.4 Å². The fourth-order valence-corrected chi connectivity index (χ4v) is 3.62. The number of pyridine rings is 1. The number of benzene rings is 1. The predicted octanol–water partition coefficient (Wildman–Crippen LogP) is 4.98. The Morgan fingerprint density at radius 1 is 1.23 bits per heavy atom. The molecule has 3 rings (SSSR count). The van der Waals surface area contributed by atoms with Gasteiger partial charge in [-0.3, -0.25) is 14.3 Å². The summed E-state index contributed by atoms with van der Waals surface area (Å²) in [6.45, 7) is 2.07. The Bertz CT molecular complexity index is 1040. The number of nitrogens with one attached hydrogen (secondary N) is 1. The third-order valence-corrected chi connectivity index (χ3v) is 5.66. The summed E-state index contributed by atoms with van der Waals surface area (Å²) in [5, 5.41) is 10.3. The first-order chi connectivity index (χ1) is 14.2. The zero-order valence-corrected chi connectivity index (χ0v) is 17.5. The molecule has 0 saturated heterocycles. The molecule has 0 aliphatic rings. The summed E-state index contributed by atoms with van der Waals surface area (Å²) in [5.74, 6) is -0.340. The van der Waals surface area contributed by atoms with Crippen molar-refractivity contribution in [1.29, 1.82) is 0 Å². The first kappa shape index (κ1) is 22.1. The SMILES string of the molecule is Cc1c(Cl)cccc1NC(=O)C(C)Sc1nnc(-c2ccncc2)n1CC(F)(F)F. The molecule has 0 bridgehead atoms. The fraction of sp³-hybridized carbons (Fsp3) is 0.263. The molecule has 2 aromatic heterocycles. The van der Waals surface area contributed by atoms with Gasteiger partial charge in [-0.25, -0.2) is 0 Å². The van der Waals surface area contributed by atoms with Crippen LogP contribution in [0, 0.1) is 6.92 Å². The largest absolute Gasteiger partial charge is 0.406 e. The van der Waals surface area contributed by atoms with Crippen LogP contribution in [0.25, 0.3) is 11.4 Å². The van der Waals surface area contributed by atoms with Crippen LogP contribution in [-0.2, 0) is 11.3 Å². The Balaban J connectivity index is 1.83. The molecule has 1 unspecified atom stereocenters. The van der Waals surface area contributed by atoms with Crippen molar-refractivity contribution in [2.75, 3.05) is 5.32 Å². The highest BCUT2D eigenvalue weighted by molar-refractivity contribution is 8.00. The Morgan fingerprint density at radius 2 is 1.93 bits per heavy atom. The van der Waals surface area contributed by atoms with Crippen LogP contribution in [0.3, 0.4) is 0 Å². The van der Waals surface area contributed by atoms with Crippen molar-refractivity contribution in [3.63, 3.8) is 0 Å². The van der Waals surface area contributed by atoms with Gasteiger partial charge in [0.25, 0.3) is 0 Å². The summed E-state index contributed by atoms with van der Waals surface area (Å²) in [6, 6.07) is 8.19. The highest BCUT2D eigenvalue weighted by Gasteiger charge is 2.32. The minimum atomic E-state index is -4.48. The van der Waals surface area contributed by atoms with Crippen LogP contribution in [0.1, 0.15) is 12.5 Å². The maximum absolute atomic E-state index is 13.2. The molecule has 30 heavy (non-hydrogen) atoms. The monoisotopic (exact) mass is 455 g/mol. The first-order valence-corrected chi connectivity index (χ1v) is 10.0. The van der Waals surface area contributed by atoms with Crippen molar-refractivity contribution >= 4 is 35.0 Å². The first-order valence-electron chi connectivity index (χ1n) is 8.78. The van der Waals surface area contributed by atoms with E-state index in [1.54, 1.807) is 44.2 Å². The zero-order chi connectivity index (χ0) is 21.9. The normalized spacial score (nSPS) is 12.6. The summed E-state index contributed by atoms with van der Waals surface area (Å²) in [4.78, 5) is 16.5. The topological polar surface area (TPSA) is 72.7 Å². The number of carbonyl (C=O) groups excluding carboxylic acids is 1. The van der Waals surface area contributed by atoms with Gasteiger partial charge < -0.3 is 5.32 Å². The van der Waals surface area contributed by atoms with Gasteiger partial charge in [0.15, 0.2) is 11.0 Å². The van der Waals surface area contributed by atoms with E-state index in [2.05, 4.69) is 20.5 Å². The molecule has 3 aromatic rings. The van der Waals surface area contributed by atoms with Crippen molar-refractivity contribution in [2.45, 2.75) is 37.0 Å². The molecule has 1 N–H and O–H groups in total. The number of halogens is 4. The number of hydrogen-bond donors (Lipinski definition) is 1. The number of hydrogen-bond acceptors (Lipinski definition) is 5. The van der Waals surface area contributed by atoms with Gasteiger partial charge in [-0.05, 0) is 43.7 Å². The van der Waals surface area contributed by atoms with Gasteiger partial charge in [0.2, 0.25) is 5.91 Å². The highest BCUT2D eigenvalue weighted by Crippen LogP contribution is 2.31. The average molecular weight is 456 g/mol. The van der Waals surface area contributed by atoms with E-state index in [9.17, 15) is 18.0 Å². The Morgan fingerprint density at radius 3 is 2.60 bits per heavy atom. The van der Waals surface area contributed by atoms with Crippen LogP contribution in [0.15, 0.2) is 47.9 Å². The number of rotatable bonds is 6. The van der Waals surface area contributed by atoms with Crippen LogP contribution in [0.4, 0.5) is 18.9 Å². The second kappa shape index (κ2) is 9.05. The summed E-state index contributed by atoms with van der Waals surface area (Å²) in [5.41, 5.74) is 1.68. The molecule has 2 heterocycles. The summed E-state index contributed by atoms with van der Waals surface area (Å²) in [6.07, 6.45) is -1.57. The number of amides is 1. The van der Waals surface area contributed by atoms with E-state index in [-0.39, 0.29) is 11.0 Å². The minimum Gasteiger partial charge on any atom is -0.325 e. The molecular weight excluding hydrogens is 439 g/mol. The van der Waals surface area contributed by atoms with Crippen LogP contribution in [-0.4, -0.2) is 37.1 Å². The third-order valence-electron chi connectivity index (χ3n) is 4.17. The summed E-state index contributed by atoms with van der Waals surface area (Å²) in [7, 11) is 0. The molecule has 0 radical (unpaired) electrons. The Hall–Kier alpha value is -2.59. The smallest absolute Gasteiger partial charge is 0.325 e. The second-order valence-corrected chi connectivity index (χ2v) is 8.12. The van der Waals surface area contributed by atoms with E-state index in [4.69, 9.17) is 11.6 Å². The van der Waals surface area contributed by atoms with Crippen molar-refractivity contribution in [1.82, 2.24) is 19.7 Å². The highest BCUT2D eigenvalue weighted by atomic mass is 35.5. The van der Waals surface area contributed by atoms with Gasteiger partial charge in [0, 0.05) is 28.7 Å². The number of anilines is 1. The Kier molecular flexibility index (Phi) is 6.67. The standard InChI is InChI=1S/C19H17ClF3N5OS/c1-11-14(20)4-3-5-15(11)25-17(29)12(2)30-18-27-26-16(13-6-8-24-9-7-13)28(18)10-19(21,22)23/h3-9,12H,10H2,1-2H3,(H,25,29). The van der Waals surface area contributed by atoms with Crippen LogP contribution in [0.5, 0.6) is 0 Å². The van der Waals surface area contributed by atoms with Crippen molar-refractivity contribution in [3.8, 4) is 11.4 Å². The van der Waals surface area contributed by atoms with Crippen molar-refractivity contribution in [3.05, 3.63) is 53.3 Å². The molecular formula is C19H17ClF3N5OS. The van der Waals surface area contributed by atoms with Crippen molar-refractivity contribution in [2.24, 2.45) is 0 Å². The molecule has 11 heteroatoms. The number of nitrogens with zero attached hydrogens (tertiary/aromatic N) is 4. The van der Waals surface area contributed by atoms with Gasteiger partial charge in [-0.1, -0.05) is 29.4 Å². The third kappa shape index (κ3) is 5.31. The van der Waals surface area contributed by atoms with Gasteiger partial charge in [0.1, 0.15) is 6.54 Å². The number of alkyl halides is 3. The van der Waals surface area contributed by atoms with Gasteiger partial charge >= 0.3 is 6.18 Å². The fourth-order valence-electron chi connectivity index (χ4n) is 2.60. The maximum Gasteiger partial charge on any atom is 0.406 e. The number of carbonyl (C=O) groups is 1. The van der Waals surface area contributed by atoms with Crippen molar-refractivity contribution < 1.29 is 18.0 Å². The summed E-state index contributed by atoms with van der Waals surface area (Å²) >= 11 is 6.95. The van der Waals surface area contributed by atoms with Gasteiger partial charge in [-0.2, -0.15) is 13.2 Å². The molecule has 6 nitrogen and oxygen atoms in total. The van der Waals surface area contributed by atoms with E-state index in [1.807, 2.05) is 0 Å². The second-order valence-electron chi connectivity index (χ2n) is 6.41. The molecule has 1 aromatic carbocycles. The summed E-state index contributed by atoms with van der Waals surface area (Å²) < 4.78 is 40.5. The zero-order valence-electron chi connectivity index (χ0n) is 15.9. The molecule has 0 spiro atoms. The quantitative estimate of drug-likeness (QED) is 0.530. The predicted molar refractivity (Wildman–Crippen MR) is 109 cm³/mol. The molecule has 158 valence electrons. The van der Waals surface area contributed by atoms with E-state index >= 15 is 0 Å². The lowest BCUT2D eigenvalue weighted by Crippen LogP contribution is -2.24. The van der Waals surface area contributed by atoms with Gasteiger partial charge in [-0.15, -0.1) is 10.2 Å². The number of aromatic nitrogens is 4. The molecule has 0 aliphatic carbocycles. The molecule has 0 fully saturated rings. The van der Waals surface area contributed by atoms with E-state index in [0.29, 0.717) is 21.8 Å².